The van der Waals surface area contributed by atoms with Crippen molar-refractivity contribution in [3.8, 4) is 11.1 Å². The number of carbonyl (C=O) groups excluding carboxylic acids is 1. The summed E-state index contributed by atoms with van der Waals surface area (Å²) in [4.78, 5) is 30.2. The zero-order valence-electron chi connectivity index (χ0n) is 14.4. The third kappa shape index (κ3) is 3.54. The van der Waals surface area contributed by atoms with Gasteiger partial charge in [0.1, 0.15) is 17.2 Å². The summed E-state index contributed by atoms with van der Waals surface area (Å²) in [5.74, 6) is -0.745. The molecule has 0 atom stereocenters. The molecular formula is C20H13ClFN3O2S. The Kier molecular flexibility index (Phi) is 4.93. The van der Waals surface area contributed by atoms with E-state index in [0.29, 0.717) is 32.1 Å². The van der Waals surface area contributed by atoms with Crippen LogP contribution in [-0.2, 0) is 11.3 Å². The zero-order valence-corrected chi connectivity index (χ0v) is 15.9. The topological polar surface area (TPSA) is 64.0 Å². The van der Waals surface area contributed by atoms with Gasteiger partial charge in [-0.1, -0.05) is 35.9 Å². The predicted molar refractivity (Wildman–Crippen MR) is 109 cm³/mol. The highest BCUT2D eigenvalue weighted by atomic mass is 35.5. The summed E-state index contributed by atoms with van der Waals surface area (Å²) < 4.78 is 14.5. The van der Waals surface area contributed by atoms with Crippen molar-refractivity contribution in [2.24, 2.45) is 0 Å². The largest absolute Gasteiger partial charge is 0.323 e. The van der Waals surface area contributed by atoms with Gasteiger partial charge in [0.05, 0.1) is 22.4 Å². The number of nitrogens with one attached hydrogen (secondary N) is 1. The van der Waals surface area contributed by atoms with E-state index < -0.39 is 5.91 Å². The third-order valence-corrected chi connectivity index (χ3v) is 5.39. The number of carbonyl (C=O) groups is 1. The van der Waals surface area contributed by atoms with Crippen molar-refractivity contribution in [2.75, 3.05) is 5.32 Å². The summed E-state index contributed by atoms with van der Waals surface area (Å²) in [5.41, 5.74) is 1.52. The molecule has 0 spiro atoms. The molecule has 0 saturated carbocycles. The molecule has 0 unspecified atom stereocenters. The molecule has 28 heavy (non-hydrogen) atoms. The minimum absolute atomic E-state index is 0.203. The van der Waals surface area contributed by atoms with Crippen LogP contribution in [0.1, 0.15) is 0 Å². The number of anilines is 1. The molecule has 0 fully saturated rings. The SMILES string of the molecule is O=C(Cn1cnc2scc(-c3ccc(F)cc3)c2c1=O)Nc1ccccc1Cl. The van der Waals surface area contributed by atoms with Crippen LogP contribution in [0.25, 0.3) is 21.3 Å². The standard InChI is InChI=1S/C20H13ClFN3O2S/c21-15-3-1-2-4-16(15)24-17(26)9-25-11-23-19-18(20(25)27)14(10-28-19)12-5-7-13(22)8-6-12/h1-8,10-11H,9H2,(H,24,26). The van der Waals surface area contributed by atoms with Gasteiger partial charge in [0, 0.05) is 10.9 Å². The van der Waals surface area contributed by atoms with Crippen molar-refractivity contribution >= 4 is 44.7 Å². The molecule has 5 nitrogen and oxygen atoms in total. The molecule has 1 N–H and O–H groups in total. The molecule has 0 aliphatic carbocycles. The molecule has 4 aromatic rings. The van der Waals surface area contributed by atoms with Crippen molar-refractivity contribution in [1.82, 2.24) is 9.55 Å². The van der Waals surface area contributed by atoms with Gasteiger partial charge < -0.3 is 5.32 Å². The van der Waals surface area contributed by atoms with Crippen LogP contribution in [0.4, 0.5) is 10.1 Å². The van der Waals surface area contributed by atoms with Crippen LogP contribution >= 0.6 is 22.9 Å². The van der Waals surface area contributed by atoms with E-state index in [1.807, 2.05) is 0 Å². The fourth-order valence-electron chi connectivity index (χ4n) is 2.83. The summed E-state index contributed by atoms with van der Waals surface area (Å²) in [7, 11) is 0. The Morgan fingerprint density at radius 1 is 1.18 bits per heavy atom. The highest BCUT2D eigenvalue weighted by molar-refractivity contribution is 7.17. The molecule has 0 radical (unpaired) electrons. The Morgan fingerprint density at radius 2 is 1.93 bits per heavy atom. The second-order valence-electron chi connectivity index (χ2n) is 6.04. The third-order valence-electron chi connectivity index (χ3n) is 4.18. The van der Waals surface area contributed by atoms with E-state index in [9.17, 15) is 14.0 Å². The number of benzene rings is 2. The average molecular weight is 414 g/mol. The van der Waals surface area contributed by atoms with Gasteiger partial charge >= 0.3 is 0 Å². The van der Waals surface area contributed by atoms with E-state index >= 15 is 0 Å². The van der Waals surface area contributed by atoms with E-state index in [1.165, 1.54) is 34.4 Å². The van der Waals surface area contributed by atoms with Crippen molar-refractivity contribution < 1.29 is 9.18 Å². The maximum absolute atomic E-state index is 13.2. The Morgan fingerprint density at radius 3 is 2.68 bits per heavy atom. The molecule has 4 rings (SSSR count). The molecule has 1 amide bonds. The summed E-state index contributed by atoms with van der Waals surface area (Å²) in [6.45, 7) is -0.203. The minimum Gasteiger partial charge on any atom is -0.323 e. The first-order valence-corrected chi connectivity index (χ1v) is 9.55. The number of rotatable bonds is 4. The fourth-order valence-corrected chi connectivity index (χ4v) is 3.92. The van der Waals surface area contributed by atoms with Crippen LogP contribution in [0.2, 0.25) is 5.02 Å². The first-order chi connectivity index (χ1) is 13.5. The minimum atomic E-state index is -0.394. The second kappa shape index (κ2) is 7.53. The smallest absolute Gasteiger partial charge is 0.263 e. The number of aromatic nitrogens is 2. The van der Waals surface area contributed by atoms with E-state index in [-0.39, 0.29) is 17.9 Å². The Balaban J connectivity index is 1.67. The first-order valence-electron chi connectivity index (χ1n) is 8.30. The Hall–Kier alpha value is -3.03. The number of fused-ring (bicyclic) bond motifs is 1. The molecule has 0 saturated heterocycles. The van der Waals surface area contributed by atoms with Crippen LogP contribution in [0.3, 0.4) is 0 Å². The molecule has 140 valence electrons. The van der Waals surface area contributed by atoms with Gasteiger partial charge in [0.25, 0.3) is 5.56 Å². The summed E-state index contributed by atoms with van der Waals surface area (Å²) in [6, 6.07) is 12.7. The molecule has 0 aliphatic heterocycles. The fraction of sp³-hybridized carbons (Fsp3) is 0.0500. The second-order valence-corrected chi connectivity index (χ2v) is 7.31. The van der Waals surface area contributed by atoms with Gasteiger partial charge in [0.15, 0.2) is 0 Å². The predicted octanol–water partition coefficient (Wildman–Crippen LogP) is 4.56. The maximum atomic E-state index is 13.2. The number of hydrogen-bond donors (Lipinski definition) is 1. The lowest BCUT2D eigenvalue weighted by molar-refractivity contribution is -0.116. The van der Waals surface area contributed by atoms with Crippen LogP contribution in [0, 0.1) is 5.82 Å². The van der Waals surface area contributed by atoms with Crippen LogP contribution < -0.4 is 10.9 Å². The van der Waals surface area contributed by atoms with Gasteiger partial charge in [-0.05, 0) is 29.8 Å². The van der Waals surface area contributed by atoms with E-state index in [4.69, 9.17) is 11.6 Å². The number of hydrogen-bond acceptors (Lipinski definition) is 4. The number of halogens is 2. The molecule has 2 heterocycles. The van der Waals surface area contributed by atoms with Crippen molar-refractivity contribution in [3.63, 3.8) is 0 Å². The molecular weight excluding hydrogens is 401 g/mol. The van der Waals surface area contributed by atoms with Crippen LogP contribution in [-0.4, -0.2) is 15.5 Å². The Labute approximate surface area is 168 Å². The van der Waals surface area contributed by atoms with Crippen LogP contribution in [0.5, 0.6) is 0 Å². The zero-order chi connectivity index (χ0) is 19.7. The average Bonchev–Trinajstić information content (AvgIpc) is 3.11. The van der Waals surface area contributed by atoms with Gasteiger partial charge in [-0.25, -0.2) is 9.37 Å². The lowest BCUT2D eigenvalue weighted by atomic mass is 10.1. The van der Waals surface area contributed by atoms with Crippen LogP contribution in [0.15, 0.2) is 65.0 Å². The summed E-state index contributed by atoms with van der Waals surface area (Å²) in [5, 5.41) is 5.31. The quantitative estimate of drug-likeness (QED) is 0.533. The van der Waals surface area contributed by atoms with Crippen molar-refractivity contribution in [3.05, 3.63) is 81.4 Å². The maximum Gasteiger partial charge on any atom is 0.263 e. The summed E-state index contributed by atoms with van der Waals surface area (Å²) >= 11 is 7.37. The molecule has 0 bridgehead atoms. The molecule has 8 heteroatoms. The van der Waals surface area contributed by atoms with Gasteiger partial charge in [-0.15, -0.1) is 11.3 Å². The number of amides is 1. The van der Waals surface area contributed by atoms with Gasteiger partial charge in [-0.2, -0.15) is 0 Å². The van der Waals surface area contributed by atoms with E-state index in [1.54, 1.807) is 41.8 Å². The number of nitrogens with zero attached hydrogens (tertiary/aromatic N) is 2. The van der Waals surface area contributed by atoms with E-state index in [0.717, 1.165) is 0 Å². The number of thiophene rings is 1. The molecule has 2 aromatic carbocycles. The highest BCUT2D eigenvalue weighted by Crippen LogP contribution is 2.30. The van der Waals surface area contributed by atoms with E-state index in [2.05, 4.69) is 10.3 Å². The first kappa shape index (κ1) is 18.3. The highest BCUT2D eigenvalue weighted by Gasteiger charge is 2.15. The van der Waals surface area contributed by atoms with Crippen molar-refractivity contribution in [1.29, 1.82) is 0 Å². The van der Waals surface area contributed by atoms with Gasteiger partial charge in [-0.3, -0.25) is 14.2 Å². The Bertz CT molecular complexity index is 1230. The molecule has 2 aromatic heterocycles. The van der Waals surface area contributed by atoms with Gasteiger partial charge in [0.2, 0.25) is 5.91 Å². The summed E-state index contributed by atoms with van der Waals surface area (Å²) in [6.07, 6.45) is 1.35. The monoisotopic (exact) mass is 413 g/mol. The lowest BCUT2D eigenvalue weighted by Crippen LogP contribution is -2.27. The van der Waals surface area contributed by atoms with Crippen molar-refractivity contribution in [2.45, 2.75) is 6.54 Å². The lowest BCUT2D eigenvalue weighted by Gasteiger charge is -2.09. The normalized spacial score (nSPS) is 10.9. The number of para-hydroxylation sites is 1. The molecule has 0 aliphatic rings.